The maximum absolute atomic E-state index is 6.30. The third-order valence-electron chi connectivity index (χ3n) is 7.81. The molecule has 0 aliphatic rings. The maximum Gasteiger partial charge on any atom is 0.160 e. The van der Waals surface area contributed by atoms with Crippen molar-refractivity contribution in [3.05, 3.63) is 152 Å². The van der Waals surface area contributed by atoms with Gasteiger partial charge in [-0.25, -0.2) is 9.97 Å². The maximum atomic E-state index is 6.30. The van der Waals surface area contributed by atoms with Crippen molar-refractivity contribution in [2.24, 2.45) is 0 Å². The van der Waals surface area contributed by atoms with E-state index in [1.807, 2.05) is 54.7 Å². The van der Waals surface area contributed by atoms with E-state index in [2.05, 4.69) is 96.0 Å². The zero-order valence-electron chi connectivity index (χ0n) is 23.2. The molecule has 0 bridgehead atoms. The summed E-state index contributed by atoms with van der Waals surface area (Å²) in [5, 5.41) is 2.25. The molecule has 8 aromatic rings. The Hall–Kier alpha value is -5.87. The van der Waals surface area contributed by atoms with Gasteiger partial charge in [0.25, 0.3) is 0 Å². The monoisotopic (exact) mass is 551 g/mol. The average molecular weight is 552 g/mol. The second-order valence-electron chi connectivity index (χ2n) is 10.5. The molecule has 5 aromatic carbocycles. The molecule has 4 nitrogen and oxygen atoms in total. The van der Waals surface area contributed by atoms with Crippen LogP contribution in [0.25, 0.3) is 78.1 Å². The summed E-state index contributed by atoms with van der Waals surface area (Å²) in [5.74, 6) is 0.679. The highest BCUT2D eigenvalue weighted by atomic mass is 16.3. The van der Waals surface area contributed by atoms with E-state index >= 15 is 0 Å². The van der Waals surface area contributed by atoms with Gasteiger partial charge < -0.3 is 4.42 Å². The quantitative estimate of drug-likeness (QED) is 0.214. The number of rotatable bonds is 5. The number of fused-ring (bicyclic) bond motifs is 3. The third-order valence-corrected chi connectivity index (χ3v) is 7.81. The fraction of sp³-hybridized carbons (Fsp3) is 0. The number of nitrogens with zero attached hydrogens (tertiary/aromatic N) is 3. The fourth-order valence-corrected chi connectivity index (χ4v) is 5.65. The topological polar surface area (TPSA) is 51.8 Å². The number of pyridine rings is 1. The van der Waals surface area contributed by atoms with Crippen molar-refractivity contribution in [3.8, 4) is 56.2 Å². The second-order valence-corrected chi connectivity index (χ2v) is 10.5. The molecule has 43 heavy (non-hydrogen) atoms. The van der Waals surface area contributed by atoms with Crippen LogP contribution in [0.5, 0.6) is 0 Å². The highest BCUT2D eigenvalue weighted by molar-refractivity contribution is 6.09. The number of hydrogen-bond acceptors (Lipinski definition) is 4. The highest BCUT2D eigenvalue weighted by Crippen LogP contribution is 2.37. The molecule has 0 saturated carbocycles. The molecule has 0 unspecified atom stereocenters. The Morgan fingerprint density at radius 2 is 1.09 bits per heavy atom. The number of aromatic nitrogens is 3. The number of furan rings is 1. The third kappa shape index (κ3) is 4.65. The Morgan fingerprint density at radius 1 is 0.442 bits per heavy atom. The standard InChI is InChI=1S/C39H25N3O/c1-2-9-27(10-3-1)35-24-36(42-39(41-35)30-12-6-11-29(23-30)31-13-8-22-40-25-31)28-20-18-26(19-21-28)32-15-7-16-34-33-14-4-5-17-37(33)43-38(32)34/h1-25H. The first kappa shape index (κ1) is 24.9. The average Bonchev–Trinajstić information content (AvgIpc) is 3.48. The van der Waals surface area contributed by atoms with Gasteiger partial charge in [-0.15, -0.1) is 0 Å². The Bertz CT molecular complexity index is 2220. The van der Waals surface area contributed by atoms with Crippen LogP contribution in [0.2, 0.25) is 0 Å². The van der Waals surface area contributed by atoms with Gasteiger partial charge in [-0.2, -0.15) is 0 Å². The molecule has 202 valence electrons. The minimum Gasteiger partial charge on any atom is -0.455 e. The van der Waals surface area contributed by atoms with E-state index in [0.29, 0.717) is 5.82 Å². The van der Waals surface area contributed by atoms with Crippen molar-refractivity contribution in [2.75, 3.05) is 0 Å². The lowest BCUT2D eigenvalue weighted by atomic mass is 9.99. The van der Waals surface area contributed by atoms with Gasteiger partial charge in [0.05, 0.1) is 11.4 Å². The summed E-state index contributed by atoms with van der Waals surface area (Å²) in [7, 11) is 0. The van der Waals surface area contributed by atoms with Crippen molar-refractivity contribution in [1.82, 2.24) is 15.0 Å². The van der Waals surface area contributed by atoms with E-state index in [4.69, 9.17) is 14.4 Å². The lowest BCUT2D eigenvalue weighted by Crippen LogP contribution is -1.96. The molecule has 8 rings (SSSR count). The van der Waals surface area contributed by atoms with Crippen LogP contribution in [0.1, 0.15) is 0 Å². The van der Waals surface area contributed by atoms with E-state index in [9.17, 15) is 0 Å². The van der Waals surface area contributed by atoms with Crippen LogP contribution in [0.4, 0.5) is 0 Å². The largest absolute Gasteiger partial charge is 0.455 e. The summed E-state index contributed by atoms with van der Waals surface area (Å²) >= 11 is 0. The van der Waals surface area contributed by atoms with E-state index in [1.54, 1.807) is 6.20 Å². The molecule has 4 heteroatoms. The predicted octanol–water partition coefficient (Wildman–Crippen LogP) is 10.1. The first-order valence-electron chi connectivity index (χ1n) is 14.3. The Morgan fingerprint density at radius 3 is 1.91 bits per heavy atom. The lowest BCUT2D eigenvalue weighted by molar-refractivity contribution is 0.670. The molecule has 0 aliphatic carbocycles. The van der Waals surface area contributed by atoms with Gasteiger partial charge in [0.15, 0.2) is 5.82 Å². The smallest absolute Gasteiger partial charge is 0.160 e. The molecule has 3 aromatic heterocycles. The summed E-state index contributed by atoms with van der Waals surface area (Å²) in [6.45, 7) is 0. The molecule has 0 amide bonds. The summed E-state index contributed by atoms with van der Waals surface area (Å²) < 4.78 is 6.30. The SMILES string of the molecule is c1ccc(-c2cc(-c3ccc(-c4cccc5c4oc4ccccc45)cc3)nc(-c3cccc(-c4cccnc4)c3)n2)cc1. The predicted molar refractivity (Wildman–Crippen MR) is 174 cm³/mol. The van der Waals surface area contributed by atoms with E-state index < -0.39 is 0 Å². The summed E-state index contributed by atoms with van der Waals surface area (Å²) in [6.07, 6.45) is 3.66. The van der Waals surface area contributed by atoms with Gasteiger partial charge in [-0.3, -0.25) is 4.98 Å². The zero-order valence-corrected chi connectivity index (χ0v) is 23.2. The van der Waals surface area contributed by atoms with Gasteiger partial charge >= 0.3 is 0 Å². The van der Waals surface area contributed by atoms with Crippen molar-refractivity contribution < 1.29 is 4.42 Å². The normalized spacial score (nSPS) is 11.3. The zero-order chi connectivity index (χ0) is 28.6. The van der Waals surface area contributed by atoms with Crippen molar-refractivity contribution in [1.29, 1.82) is 0 Å². The number of para-hydroxylation sites is 2. The second kappa shape index (κ2) is 10.5. The summed E-state index contributed by atoms with van der Waals surface area (Å²) in [5.41, 5.74) is 10.9. The van der Waals surface area contributed by atoms with Crippen molar-refractivity contribution in [3.63, 3.8) is 0 Å². The van der Waals surface area contributed by atoms with Crippen LogP contribution in [0, 0.1) is 0 Å². The van der Waals surface area contributed by atoms with Crippen LogP contribution in [0.3, 0.4) is 0 Å². The first-order chi connectivity index (χ1) is 21.3. The molecule has 0 spiro atoms. The lowest BCUT2D eigenvalue weighted by Gasteiger charge is -2.11. The van der Waals surface area contributed by atoms with Gasteiger partial charge in [-0.05, 0) is 35.4 Å². The van der Waals surface area contributed by atoms with E-state index in [1.165, 1.54) is 0 Å². The van der Waals surface area contributed by atoms with Crippen LogP contribution in [0.15, 0.2) is 156 Å². The minimum atomic E-state index is 0.679. The van der Waals surface area contributed by atoms with Crippen LogP contribution in [-0.2, 0) is 0 Å². The van der Waals surface area contributed by atoms with E-state index in [-0.39, 0.29) is 0 Å². The molecule has 0 fully saturated rings. The van der Waals surface area contributed by atoms with Gasteiger partial charge in [-0.1, -0.05) is 115 Å². The van der Waals surface area contributed by atoms with Crippen molar-refractivity contribution in [2.45, 2.75) is 0 Å². The molecular formula is C39H25N3O. The Labute approximate surface area is 249 Å². The Kier molecular flexibility index (Phi) is 6.08. The molecular weight excluding hydrogens is 526 g/mol. The molecule has 0 atom stereocenters. The van der Waals surface area contributed by atoms with Crippen LogP contribution in [-0.4, -0.2) is 15.0 Å². The highest BCUT2D eigenvalue weighted by Gasteiger charge is 2.14. The Balaban J connectivity index is 1.22. The molecule has 0 aliphatic heterocycles. The first-order valence-corrected chi connectivity index (χ1v) is 14.3. The van der Waals surface area contributed by atoms with E-state index in [0.717, 1.165) is 72.3 Å². The van der Waals surface area contributed by atoms with Crippen LogP contribution < -0.4 is 0 Å². The van der Waals surface area contributed by atoms with Gasteiger partial charge in [0.2, 0.25) is 0 Å². The molecule has 0 N–H and O–H groups in total. The summed E-state index contributed by atoms with van der Waals surface area (Å²) in [4.78, 5) is 14.4. The van der Waals surface area contributed by atoms with Crippen molar-refractivity contribution >= 4 is 21.9 Å². The number of hydrogen-bond donors (Lipinski definition) is 0. The molecule has 0 saturated heterocycles. The molecule has 3 heterocycles. The van der Waals surface area contributed by atoms with Crippen LogP contribution >= 0.6 is 0 Å². The fourth-order valence-electron chi connectivity index (χ4n) is 5.65. The minimum absolute atomic E-state index is 0.679. The molecule has 0 radical (unpaired) electrons. The summed E-state index contributed by atoms with van der Waals surface area (Å²) in [6, 6.07) is 47.7. The number of benzene rings is 5. The van der Waals surface area contributed by atoms with Gasteiger partial charge in [0.1, 0.15) is 11.2 Å². The van der Waals surface area contributed by atoms with Gasteiger partial charge in [0, 0.05) is 51.0 Å².